The number of rotatable bonds is 5. The quantitative estimate of drug-likeness (QED) is 0.427. The summed E-state index contributed by atoms with van der Waals surface area (Å²) in [5.41, 5.74) is 2.66. The van der Waals surface area contributed by atoms with Crippen LogP contribution in [0.1, 0.15) is 5.56 Å². The van der Waals surface area contributed by atoms with Crippen LogP contribution in [0.5, 0.6) is 5.75 Å². The Hall–Kier alpha value is -2.98. The zero-order valence-electron chi connectivity index (χ0n) is 11.6. The third-order valence-corrected chi connectivity index (χ3v) is 3.70. The molecule has 2 rings (SSSR count). The summed E-state index contributed by atoms with van der Waals surface area (Å²) in [6, 6.07) is 9.31. The molecular formula is C13H12N4O5S. The minimum atomic E-state index is -4.04. The standard InChI is InChI=1S/C13H12N4O5S/c14-23(21,22)11-5-6-12(13(7-11)17(19)20)16-15-8-9-1-3-10(18)4-2-9/h1-8,16,18H,(H2,14,21,22)/b15-8+. The van der Waals surface area contributed by atoms with Gasteiger partial charge in [0.05, 0.1) is 16.0 Å². The molecule has 0 saturated carbocycles. The topological polar surface area (TPSA) is 148 Å². The van der Waals surface area contributed by atoms with E-state index in [4.69, 9.17) is 10.2 Å². The van der Waals surface area contributed by atoms with E-state index in [9.17, 15) is 18.5 Å². The van der Waals surface area contributed by atoms with E-state index in [1.54, 1.807) is 12.1 Å². The van der Waals surface area contributed by atoms with Crippen molar-refractivity contribution in [2.75, 3.05) is 5.43 Å². The van der Waals surface area contributed by atoms with Crippen molar-refractivity contribution in [2.24, 2.45) is 10.2 Å². The molecule has 0 fully saturated rings. The van der Waals surface area contributed by atoms with Crippen molar-refractivity contribution in [3.8, 4) is 5.75 Å². The summed E-state index contributed by atoms with van der Waals surface area (Å²) in [6.07, 6.45) is 1.39. The molecule has 2 aromatic carbocycles. The minimum Gasteiger partial charge on any atom is -0.508 e. The second kappa shape index (κ2) is 6.42. The van der Waals surface area contributed by atoms with E-state index in [-0.39, 0.29) is 16.3 Å². The number of anilines is 1. The Morgan fingerprint density at radius 1 is 1.22 bits per heavy atom. The lowest BCUT2D eigenvalue weighted by Crippen LogP contribution is -2.12. The van der Waals surface area contributed by atoms with Crippen molar-refractivity contribution in [1.29, 1.82) is 0 Å². The summed E-state index contributed by atoms with van der Waals surface area (Å²) < 4.78 is 22.5. The minimum absolute atomic E-state index is 0.0115. The van der Waals surface area contributed by atoms with Gasteiger partial charge in [-0.15, -0.1) is 0 Å². The second-order valence-electron chi connectivity index (χ2n) is 4.44. The van der Waals surface area contributed by atoms with Crippen LogP contribution in [0.15, 0.2) is 52.5 Å². The first-order chi connectivity index (χ1) is 10.8. The number of phenolic OH excluding ortho intramolecular Hbond substituents is 1. The molecule has 0 aliphatic carbocycles. The van der Waals surface area contributed by atoms with Gasteiger partial charge >= 0.3 is 0 Å². The van der Waals surface area contributed by atoms with Gasteiger partial charge in [0.15, 0.2) is 0 Å². The van der Waals surface area contributed by atoms with E-state index in [1.807, 2.05) is 0 Å². The van der Waals surface area contributed by atoms with Crippen LogP contribution >= 0.6 is 0 Å². The van der Waals surface area contributed by atoms with Crippen molar-refractivity contribution >= 4 is 27.6 Å². The maximum absolute atomic E-state index is 11.2. The maximum atomic E-state index is 11.2. The third-order valence-electron chi connectivity index (χ3n) is 2.79. The molecule has 0 heterocycles. The van der Waals surface area contributed by atoms with Crippen molar-refractivity contribution in [1.82, 2.24) is 0 Å². The molecule has 9 nitrogen and oxygen atoms in total. The number of phenols is 1. The molecule has 0 aliphatic rings. The smallest absolute Gasteiger partial charge is 0.295 e. The lowest BCUT2D eigenvalue weighted by atomic mass is 10.2. The lowest BCUT2D eigenvalue weighted by molar-refractivity contribution is -0.384. The van der Waals surface area contributed by atoms with Crippen LogP contribution in [0, 0.1) is 10.1 Å². The molecule has 0 unspecified atom stereocenters. The van der Waals surface area contributed by atoms with Crippen LogP contribution in [0.3, 0.4) is 0 Å². The predicted octanol–water partition coefficient (Wildman–Crippen LogP) is 1.39. The molecule has 4 N–H and O–H groups in total. The van der Waals surface area contributed by atoms with Gasteiger partial charge < -0.3 is 5.11 Å². The van der Waals surface area contributed by atoms with Crippen LogP contribution in [0.2, 0.25) is 0 Å². The van der Waals surface area contributed by atoms with Gasteiger partial charge in [-0.1, -0.05) is 0 Å². The summed E-state index contributed by atoms with van der Waals surface area (Å²) in [5, 5.41) is 29.0. The normalized spacial score (nSPS) is 11.5. The number of hydrogen-bond donors (Lipinski definition) is 3. The number of sulfonamides is 1. The van der Waals surface area contributed by atoms with Crippen LogP contribution in [-0.2, 0) is 10.0 Å². The monoisotopic (exact) mass is 336 g/mol. The average Bonchev–Trinajstić information content (AvgIpc) is 2.48. The number of hydrazone groups is 1. The van der Waals surface area contributed by atoms with E-state index >= 15 is 0 Å². The molecule has 0 spiro atoms. The molecule has 23 heavy (non-hydrogen) atoms. The van der Waals surface area contributed by atoms with E-state index in [0.29, 0.717) is 5.56 Å². The number of hydrogen-bond acceptors (Lipinski definition) is 7. The first-order valence-electron chi connectivity index (χ1n) is 6.17. The fourth-order valence-electron chi connectivity index (χ4n) is 1.67. The summed E-state index contributed by atoms with van der Waals surface area (Å²) >= 11 is 0. The fraction of sp³-hybridized carbons (Fsp3) is 0. The van der Waals surface area contributed by atoms with Gasteiger partial charge in [-0.3, -0.25) is 15.5 Å². The Labute approximate surface area is 131 Å². The zero-order valence-corrected chi connectivity index (χ0v) is 12.4. The molecule has 0 saturated heterocycles. The van der Waals surface area contributed by atoms with Gasteiger partial charge in [0.25, 0.3) is 5.69 Å². The molecule has 120 valence electrons. The summed E-state index contributed by atoms with van der Waals surface area (Å²) in [4.78, 5) is 9.92. The number of nitro benzene ring substituents is 1. The van der Waals surface area contributed by atoms with Gasteiger partial charge in [0.1, 0.15) is 11.4 Å². The Morgan fingerprint density at radius 2 is 1.87 bits per heavy atom. The lowest BCUT2D eigenvalue weighted by Gasteiger charge is -2.04. The van der Waals surface area contributed by atoms with Gasteiger partial charge in [0, 0.05) is 6.07 Å². The number of nitrogens with zero attached hydrogens (tertiary/aromatic N) is 2. The highest BCUT2D eigenvalue weighted by Gasteiger charge is 2.18. The number of nitrogens with two attached hydrogens (primary N) is 1. The molecule has 0 radical (unpaired) electrons. The third kappa shape index (κ3) is 4.25. The van der Waals surface area contributed by atoms with Crippen LogP contribution in [0.25, 0.3) is 0 Å². The van der Waals surface area contributed by atoms with Crippen LogP contribution < -0.4 is 10.6 Å². The Bertz CT molecular complexity index is 862. The fourth-order valence-corrected chi connectivity index (χ4v) is 2.20. The Kier molecular flexibility index (Phi) is 4.57. The zero-order chi connectivity index (χ0) is 17.0. The maximum Gasteiger partial charge on any atom is 0.295 e. The van der Waals surface area contributed by atoms with Gasteiger partial charge in [-0.05, 0) is 42.0 Å². The first kappa shape index (κ1) is 16.4. The highest BCUT2D eigenvalue weighted by atomic mass is 32.2. The first-order valence-corrected chi connectivity index (χ1v) is 7.71. The molecule has 0 bridgehead atoms. The largest absolute Gasteiger partial charge is 0.508 e. The summed E-state index contributed by atoms with van der Waals surface area (Å²) in [5.74, 6) is 0.101. The summed E-state index contributed by atoms with van der Waals surface area (Å²) in [7, 11) is -4.04. The molecule has 10 heteroatoms. The number of primary sulfonamides is 1. The molecule has 0 aromatic heterocycles. The average molecular weight is 336 g/mol. The van der Waals surface area contributed by atoms with Crippen LogP contribution in [-0.4, -0.2) is 24.7 Å². The predicted molar refractivity (Wildman–Crippen MR) is 83.8 cm³/mol. The number of nitro groups is 1. The second-order valence-corrected chi connectivity index (χ2v) is 6.00. The van der Waals surface area contributed by atoms with Crippen molar-refractivity contribution in [3.63, 3.8) is 0 Å². The van der Waals surface area contributed by atoms with E-state index in [0.717, 1.165) is 12.1 Å². The van der Waals surface area contributed by atoms with Gasteiger partial charge in [-0.25, -0.2) is 13.6 Å². The van der Waals surface area contributed by atoms with Gasteiger partial charge in [-0.2, -0.15) is 5.10 Å². The van der Waals surface area contributed by atoms with E-state index in [2.05, 4.69) is 10.5 Å². The molecule has 2 aromatic rings. The highest BCUT2D eigenvalue weighted by Crippen LogP contribution is 2.27. The molecule has 0 atom stereocenters. The van der Waals surface area contributed by atoms with Crippen molar-refractivity contribution < 1.29 is 18.4 Å². The van der Waals surface area contributed by atoms with E-state index < -0.39 is 20.6 Å². The number of aromatic hydroxyl groups is 1. The number of nitrogens with one attached hydrogen (secondary N) is 1. The Balaban J connectivity index is 2.25. The van der Waals surface area contributed by atoms with Crippen molar-refractivity contribution in [2.45, 2.75) is 4.90 Å². The van der Waals surface area contributed by atoms with Gasteiger partial charge in [0.2, 0.25) is 10.0 Å². The molecule has 0 aliphatic heterocycles. The summed E-state index contributed by atoms with van der Waals surface area (Å²) in [6.45, 7) is 0. The highest BCUT2D eigenvalue weighted by molar-refractivity contribution is 7.89. The Morgan fingerprint density at radius 3 is 2.43 bits per heavy atom. The van der Waals surface area contributed by atoms with E-state index in [1.165, 1.54) is 24.4 Å². The molecular weight excluding hydrogens is 324 g/mol. The molecule has 0 amide bonds. The van der Waals surface area contributed by atoms with Crippen LogP contribution in [0.4, 0.5) is 11.4 Å². The SMILES string of the molecule is NS(=O)(=O)c1ccc(N/N=C/c2ccc(O)cc2)c([N+](=O)[O-])c1. The number of benzene rings is 2. The van der Waals surface area contributed by atoms with Crippen molar-refractivity contribution in [3.05, 3.63) is 58.1 Å².